The molecule has 4 amide bonds. The molecule has 2 aromatic rings. The highest BCUT2D eigenvalue weighted by Crippen LogP contribution is 2.26. The number of imide groups is 2. The number of nitro benzene ring substituents is 1. The van der Waals surface area contributed by atoms with Crippen LogP contribution in [0.25, 0.3) is 6.08 Å². The Balaban J connectivity index is 1.97. The average Bonchev–Trinajstić information content (AvgIpc) is 2.70. The number of carboxylic acid groups (broad SMARTS) is 1. The Labute approximate surface area is 168 Å². The molecule has 2 aromatic carbocycles. The summed E-state index contributed by atoms with van der Waals surface area (Å²) in [7, 11) is 0. The average molecular weight is 411 g/mol. The molecule has 1 heterocycles. The van der Waals surface area contributed by atoms with Gasteiger partial charge in [0.25, 0.3) is 17.5 Å². The van der Waals surface area contributed by atoms with E-state index in [2.05, 4.69) is 0 Å². The van der Waals surface area contributed by atoms with Crippen molar-refractivity contribution >= 4 is 41.3 Å². The number of para-hydroxylation sites is 1. The van der Waals surface area contributed by atoms with Gasteiger partial charge >= 0.3 is 12.0 Å². The molecule has 0 aromatic heterocycles. The van der Waals surface area contributed by atoms with Gasteiger partial charge in [0, 0.05) is 17.7 Å². The van der Waals surface area contributed by atoms with E-state index in [-0.39, 0.29) is 22.7 Å². The van der Waals surface area contributed by atoms with E-state index < -0.39 is 40.9 Å². The standard InChI is InChI=1S/C19H13N3O8/c23-16(24)10-30-15-4-2-1-3-11(15)9-14-17(25)20-19(27)21(18(14)26)12-5-7-13(8-6-12)22(28)29/h1-9H,10H2,(H,23,24)(H,20,25,27). The number of ether oxygens (including phenoxy) is 1. The van der Waals surface area contributed by atoms with Crippen LogP contribution >= 0.6 is 0 Å². The number of nitro groups is 1. The lowest BCUT2D eigenvalue weighted by Crippen LogP contribution is -2.54. The number of barbiturate groups is 1. The molecule has 152 valence electrons. The summed E-state index contributed by atoms with van der Waals surface area (Å²) in [4.78, 5) is 58.9. The molecular formula is C19H13N3O8. The van der Waals surface area contributed by atoms with Crippen LogP contribution < -0.4 is 15.0 Å². The number of non-ortho nitro benzene ring substituents is 1. The van der Waals surface area contributed by atoms with Crippen molar-refractivity contribution < 1.29 is 33.9 Å². The molecule has 1 aliphatic rings. The van der Waals surface area contributed by atoms with E-state index in [0.717, 1.165) is 12.1 Å². The number of nitrogens with one attached hydrogen (secondary N) is 1. The Hall–Kier alpha value is -4.54. The van der Waals surface area contributed by atoms with Crippen molar-refractivity contribution in [3.05, 3.63) is 69.8 Å². The van der Waals surface area contributed by atoms with Crippen LogP contribution in [-0.4, -0.2) is 40.5 Å². The topological polar surface area (TPSA) is 156 Å². The summed E-state index contributed by atoms with van der Waals surface area (Å²) in [6.07, 6.45) is 1.17. The number of amides is 4. The van der Waals surface area contributed by atoms with Crippen LogP contribution in [-0.2, 0) is 14.4 Å². The summed E-state index contributed by atoms with van der Waals surface area (Å²) >= 11 is 0. The minimum Gasteiger partial charge on any atom is -0.481 e. The second kappa shape index (κ2) is 8.22. The third-order valence-electron chi connectivity index (χ3n) is 3.99. The molecule has 0 unspecified atom stereocenters. The minimum atomic E-state index is -1.21. The highest BCUT2D eigenvalue weighted by molar-refractivity contribution is 6.39. The second-order valence-electron chi connectivity index (χ2n) is 5.95. The zero-order valence-corrected chi connectivity index (χ0v) is 15.1. The molecular weight excluding hydrogens is 398 g/mol. The largest absolute Gasteiger partial charge is 0.481 e. The summed E-state index contributed by atoms with van der Waals surface area (Å²) in [5, 5.41) is 21.6. The molecule has 2 N–H and O–H groups in total. The highest BCUT2D eigenvalue weighted by atomic mass is 16.6. The Bertz CT molecular complexity index is 1090. The van der Waals surface area contributed by atoms with Gasteiger partial charge in [0.15, 0.2) is 6.61 Å². The van der Waals surface area contributed by atoms with Crippen LogP contribution in [0, 0.1) is 10.1 Å². The number of urea groups is 1. The maximum absolute atomic E-state index is 12.9. The molecule has 0 saturated carbocycles. The van der Waals surface area contributed by atoms with Crippen LogP contribution in [0.3, 0.4) is 0 Å². The number of nitrogens with zero attached hydrogens (tertiary/aromatic N) is 2. The molecule has 1 aliphatic heterocycles. The molecule has 0 spiro atoms. The third kappa shape index (κ3) is 4.14. The first-order valence-corrected chi connectivity index (χ1v) is 8.37. The predicted octanol–water partition coefficient (Wildman–Crippen LogP) is 1.72. The minimum absolute atomic E-state index is 0.0249. The molecule has 11 nitrogen and oxygen atoms in total. The van der Waals surface area contributed by atoms with Crippen molar-refractivity contribution in [1.29, 1.82) is 0 Å². The fraction of sp³-hybridized carbons (Fsp3) is 0.0526. The van der Waals surface area contributed by atoms with Crippen molar-refractivity contribution in [3.8, 4) is 5.75 Å². The van der Waals surface area contributed by atoms with Gasteiger partial charge in [-0.15, -0.1) is 0 Å². The van der Waals surface area contributed by atoms with Gasteiger partial charge in [0.1, 0.15) is 11.3 Å². The van der Waals surface area contributed by atoms with Crippen LogP contribution in [0.5, 0.6) is 5.75 Å². The number of carbonyl (C=O) groups is 4. The van der Waals surface area contributed by atoms with Gasteiger partial charge in [-0.3, -0.25) is 25.0 Å². The van der Waals surface area contributed by atoms with Crippen molar-refractivity contribution in [3.63, 3.8) is 0 Å². The number of rotatable bonds is 6. The molecule has 0 bridgehead atoms. The molecule has 11 heteroatoms. The van der Waals surface area contributed by atoms with Crippen LogP contribution in [0.2, 0.25) is 0 Å². The van der Waals surface area contributed by atoms with Crippen molar-refractivity contribution in [2.75, 3.05) is 11.5 Å². The van der Waals surface area contributed by atoms with Crippen molar-refractivity contribution in [1.82, 2.24) is 5.32 Å². The van der Waals surface area contributed by atoms with E-state index in [1.165, 1.54) is 30.3 Å². The van der Waals surface area contributed by atoms with Crippen molar-refractivity contribution in [2.24, 2.45) is 0 Å². The summed E-state index contributed by atoms with van der Waals surface area (Å²) < 4.78 is 5.15. The normalized spacial score (nSPS) is 15.1. The third-order valence-corrected chi connectivity index (χ3v) is 3.99. The second-order valence-corrected chi connectivity index (χ2v) is 5.95. The van der Waals surface area contributed by atoms with Crippen molar-refractivity contribution in [2.45, 2.75) is 0 Å². The van der Waals surface area contributed by atoms with Crippen LogP contribution in [0.15, 0.2) is 54.1 Å². The summed E-state index contributed by atoms with van der Waals surface area (Å²) in [6, 6.07) is 9.75. The number of benzene rings is 2. The maximum atomic E-state index is 12.9. The van der Waals surface area contributed by atoms with Gasteiger partial charge in [-0.25, -0.2) is 14.5 Å². The zero-order valence-electron chi connectivity index (χ0n) is 15.1. The Morgan fingerprint density at radius 2 is 1.80 bits per heavy atom. The highest BCUT2D eigenvalue weighted by Gasteiger charge is 2.37. The summed E-state index contributed by atoms with van der Waals surface area (Å²) in [6.45, 7) is -0.631. The van der Waals surface area contributed by atoms with Crippen LogP contribution in [0.4, 0.5) is 16.2 Å². The molecule has 1 fully saturated rings. The Morgan fingerprint density at radius 3 is 2.43 bits per heavy atom. The first-order chi connectivity index (χ1) is 14.3. The number of hydrogen-bond acceptors (Lipinski definition) is 7. The number of carbonyl (C=O) groups excluding carboxylic acids is 3. The number of carboxylic acids is 1. The van der Waals surface area contributed by atoms with Gasteiger partial charge < -0.3 is 9.84 Å². The lowest BCUT2D eigenvalue weighted by Gasteiger charge is -2.26. The number of anilines is 1. The number of hydrogen-bond donors (Lipinski definition) is 2. The monoisotopic (exact) mass is 411 g/mol. The maximum Gasteiger partial charge on any atom is 0.341 e. The quantitative estimate of drug-likeness (QED) is 0.315. The van der Waals surface area contributed by atoms with Crippen LogP contribution in [0.1, 0.15) is 5.56 Å². The smallest absolute Gasteiger partial charge is 0.341 e. The van der Waals surface area contributed by atoms with E-state index in [1.54, 1.807) is 12.1 Å². The van der Waals surface area contributed by atoms with E-state index >= 15 is 0 Å². The molecule has 1 saturated heterocycles. The van der Waals surface area contributed by atoms with E-state index in [9.17, 15) is 29.3 Å². The molecule has 0 radical (unpaired) electrons. The fourth-order valence-electron chi connectivity index (χ4n) is 2.64. The molecule has 0 atom stereocenters. The Morgan fingerprint density at radius 1 is 1.13 bits per heavy atom. The lowest BCUT2D eigenvalue weighted by atomic mass is 10.1. The van der Waals surface area contributed by atoms with E-state index in [0.29, 0.717) is 4.90 Å². The fourth-order valence-corrected chi connectivity index (χ4v) is 2.64. The summed E-state index contributed by atoms with van der Waals surface area (Å²) in [5.41, 5.74) is -0.369. The summed E-state index contributed by atoms with van der Waals surface area (Å²) in [5.74, 6) is -2.99. The van der Waals surface area contributed by atoms with Gasteiger partial charge in [-0.1, -0.05) is 18.2 Å². The van der Waals surface area contributed by atoms with E-state index in [4.69, 9.17) is 9.84 Å². The predicted molar refractivity (Wildman–Crippen MR) is 102 cm³/mol. The molecule has 0 aliphatic carbocycles. The zero-order chi connectivity index (χ0) is 21.8. The van der Waals surface area contributed by atoms with Gasteiger partial charge in [0.2, 0.25) is 0 Å². The number of aliphatic carboxylic acids is 1. The molecule has 3 rings (SSSR count). The Kier molecular flexibility index (Phi) is 5.54. The van der Waals surface area contributed by atoms with E-state index in [1.807, 2.05) is 5.32 Å². The first kappa shape index (κ1) is 20.2. The SMILES string of the molecule is O=C(O)COc1ccccc1C=C1C(=O)NC(=O)N(c2ccc([N+](=O)[O-])cc2)C1=O. The van der Waals surface area contributed by atoms with Gasteiger partial charge in [0.05, 0.1) is 10.6 Å². The first-order valence-electron chi connectivity index (χ1n) is 8.37. The van der Waals surface area contributed by atoms with Gasteiger partial charge in [-0.05, 0) is 24.3 Å². The lowest BCUT2D eigenvalue weighted by molar-refractivity contribution is -0.384. The molecule has 30 heavy (non-hydrogen) atoms. The van der Waals surface area contributed by atoms with Gasteiger partial charge in [-0.2, -0.15) is 0 Å².